The molecule has 0 aromatic carbocycles. The molecule has 2 unspecified atom stereocenters. The Kier molecular flexibility index (Phi) is 7.23. The van der Waals surface area contributed by atoms with E-state index < -0.39 is 0 Å². The molecule has 18 heavy (non-hydrogen) atoms. The van der Waals surface area contributed by atoms with Gasteiger partial charge in [0.15, 0.2) is 0 Å². The van der Waals surface area contributed by atoms with Crippen molar-refractivity contribution < 1.29 is 9.90 Å². The van der Waals surface area contributed by atoms with Gasteiger partial charge in [-0.05, 0) is 32.6 Å². The lowest BCUT2D eigenvalue weighted by atomic mass is 10.1. The maximum Gasteiger partial charge on any atom is 0.224 e. The molecule has 1 rings (SSSR count). The van der Waals surface area contributed by atoms with Gasteiger partial charge in [-0.3, -0.25) is 4.79 Å². The van der Waals surface area contributed by atoms with Gasteiger partial charge in [-0.1, -0.05) is 0 Å². The van der Waals surface area contributed by atoms with E-state index >= 15 is 0 Å². The van der Waals surface area contributed by atoms with Crippen LogP contribution in [-0.2, 0) is 4.79 Å². The molecule has 2 atom stereocenters. The molecule has 0 aliphatic carbocycles. The first-order valence-electron chi connectivity index (χ1n) is 7.02. The number of hydrogen-bond donors (Lipinski definition) is 3. The topological polar surface area (TPSA) is 78.6 Å². The fourth-order valence-electron chi connectivity index (χ4n) is 2.40. The van der Waals surface area contributed by atoms with Crippen molar-refractivity contribution in [2.75, 3.05) is 26.2 Å². The van der Waals surface area contributed by atoms with Crippen LogP contribution >= 0.6 is 0 Å². The van der Waals surface area contributed by atoms with E-state index in [-0.39, 0.29) is 24.6 Å². The van der Waals surface area contributed by atoms with Crippen molar-refractivity contribution in [2.45, 2.75) is 51.1 Å². The summed E-state index contributed by atoms with van der Waals surface area (Å²) in [5.74, 6) is 0.213. The molecule has 0 aromatic heterocycles. The van der Waals surface area contributed by atoms with E-state index in [9.17, 15) is 4.79 Å². The SMILES string of the molecule is CC(CCCO)NC(CN)CC(=O)N1CCCC1. The van der Waals surface area contributed by atoms with Crippen LogP contribution in [0.25, 0.3) is 0 Å². The van der Waals surface area contributed by atoms with Gasteiger partial charge in [0.25, 0.3) is 0 Å². The van der Waals surface area contributed by atoms with Crippen molar-refractivity contribution in [3.05, 3.63) is 0 Å². The zero-order valence-corrected chi connectivity index (χ0v) is 11.4. The second-order valence-electron chi connectivity index (χ2n) is 5.16. The normalized spacial score (nSPS) is 18.9. The second kappa shape index (κ2) is 8.45. The van der Waals surface area contributed by atoms with Gasteiger partial charge in [-0.25, -0.2) is 0 Å². The first-order valence-corrected chi connectivity index (χ1v) is 7.02. The van der Waals surface area contributed by atoms with Gasteiger partial charge in [-0.2, -0.15) is 0 Å². The number of rotatable bonds is 8. The number of nitrogens with zero attached hydrogens (tertiary/aromatic N) is 1. The molecule has 5 heteroatoms. The van der Waals surface area contributed by atoms with Crippen LogP contribution in [0.3, 0.4) is 0 Å². The Morgan fingerprint density at radius 2 is 2.11 bits per heavy atom. The number of hydrogen-bond acceptors (Lipinski definition) is 4. The molecule has 0 spiro atoms. The van der Waals surface area contributed by atoms with Gasteiger partial charge < -0.3 is 21.1 Å². The Hall–Kier alpha value is -0.650. The number of aliphatic hydroxyl groups excluding tert-OH is 1. The van der Waals surface area contributed by atoms with E-state index in [2.05, 4.69) is 12.2 Å². The van der Waals surface area contributed by atoms with Gasteiger partial charge in [-0.15, -0.1) is 0 Å². The van der Waals surface area contributed by atoms with E-state index in [0.717, 1.165) is 38.8 Å². The van der Waals surface area contributed by atoms with Gasteiger partial charge in [0, 0.05) is 44.7 Å². The first kappa shape index (κ1) is 15.4. The number of aliphatic hydroxyl groups is 1. The highest BCUT2D eigenvalue weighted by Crippen LogP contribution is 2.10. The van der Waals surface area contributed by atoms with Gasteiger partial charge in [0.2, 0.25) is 5.91 Å². The highest BCUT2D eigenvalue weighted by molar-refractivity contribution is 5.77. The molecule has 1 heterocycles. The Morgan fingerprint density at radius 3 is 2.67 bits per heavy atom. The third kappa shape index (κ3) is 5.33. The number of carbonyl (C=O) groups excluding carboxylic acids is 1. The number of likely N-dealkylation sites (tertiary alicyclic amines) is 1. The standard InChI is InChI=1S/C13H27N3O2/c1-11(5-4-8-17)15-12(10-14)9-13(18)16-6-2-3-7-16/h11-12,15,17H,2-10,14H2,1H3. The van der Waals surface area contributed by atoms with Crippen LogP contribution in [0.1, 0.15) is 39.0 Å². The minimum atomic E-state index is 0.0480. The Bertz CT molecular complexity index is 242. The molecule has 0 saturated carbocycles. The van der Waals surface area contributed by atoms with Crippen molar-refractivity contribution in [1.82, 2.24) is 10.2 Å². The Balaban J connectivity index is 2.29. The molecular weight excluding hydrogens is 230 g/mol. The third-order valence-electron chi connectivity index (χ3n) is 3.48. The third-order valence-corrected chi connectivity index (χ3v) is 3.48. The van der Waals surface area contributed by atoms with Crippen molar-refractivity contribution in [2.24, 2.45) is 5.73 Å². The summed E-state index contributed by atoms with van der Waals surface area (Å²) in [6.45, 7) is 4.56. The number of amides is 1. The van der Waals surface area contributed by atoms with Crippen molar-refractivity contribution >= 4 is 5.91 Å². The molecule has 5 nitrogen and oxygen atoms in total. The zero-order chi connectivity index (χ0) is 13.4. The van der Waals surface area contributed by atoms with Crippen LogP contribution in [0.15, 0.2) is 0 Å². The number of nitrogens with two attached hydrogens (primary N) is 1. The van der Waals surface area contributed by atoms with E-state index in [1.54, 1.807) is 0 Å². The lowest BCUT2D eigenvalue weighted by Crippen LogP contribution is -2.45. The molecule has 1 aliphatic rings. The minimum absolute atomic E-state index is 0.0480. The van der Waals surface area contributed by atoms with Crippen LogP contribution in [0.2, 0.25) is 0 Å². The molecule has 1 aliphatic heterocycles. The molecule has 1 fully saturated rings. The van der Waals surface area contributed by atoms with Crippen molar-refractivity contribution in [3.8, 4) is 0 Å². The molecular formula is C13H27N3O2. The Labute approximate surface area is 110 Å². The summed E-state index contributed by atoms with van der Waals surface area (Å²) in [6, 6.07) is 0.337. The first-order chi connectivity index (χ1) is 8.67. The second-order valence-corrected chi connectivity index (χ2v) is 5.16. The monoisotopic (exact) mass is 257 g/mol. The van der Waals surface area contributed by atoms with Crippen molar-refractivity contribution in [1.29, 1.82) is 0 Å². The lowest BCUT2D eigenvalue weighted by Gasteiger charge is -2.24. The number of carbonyl (C=O) groups is 1. The summed E-state index contributed by atoms with van der Waals surface area (Å²) in [5.41, 5.74) is 5.71. The molecule has 0 aromatic rings. The van der Waals surface area contributed by atoms with E-state index in [1.165, 1.54) is 0 Å². The van der Waals surface area contributed by atoms with E-state index in [1.807, 2.05) is 4.90 Å². The Morgan fingerprint density at radius 1 is 1.44 bits per heavy atom. The average Bonchev–Trinajstić information content (AvgIpc) is 2.89. The molecule has 106 valence electrons. The van der Waals surface area contributed by atoms with Crippen molar-refractivity contribution in [3.63, 3.8) is 0 Å². The summed E-state index contributed by atoms with van der Waals surface area (Å²) in [4.78, 5) is 13.9. The average molecular weight is 257 g/mol. The van der Waals surface area contributed by atoms with Gasteiger partial charge in [0.05, 0.1) is 0 Å². The quantitative estimate of drug-likeness (QED) is 0.575. The highest BCUT2D eigenvalue weighted by atomic mass is 16.2. The maximum absolute atomic E-state index is 12.0. The predicted molar refractivity (Wildman–Crippen MR) is 72.2 cm³/mol. The molecule has 1 amide bonds. The molecule has 0 bridgehead atoms. The summed E-state index contributed by atoms with van der Waals surface area (Å²) in [5, 5.41) is 12.2. The van der Waals surface area contributed by atoms with E-state index in [4.69, 9.17) is 10.8 Å². The smallest absolute Gasteiger partial charge is 0.224 e. The van der Waals surface area contributed by atoms with Gasteiger partial charge >= 0.3 is 0 Å². The summed E-state index contributed by atoms with van der Waals surface area (Å²) >= 11 is 0. The lowest BCUT2D eigenvalue weighted by molar-refractivity contribution is -0.130. The number of nitrogens with one attached hydrogen (secondary N) is 1. The van der Waals surface area contributed by atoms with Crippen LogP contribution in [0.5, 0.6) is 0 Å². The van der Waals surface area contributed by atoms with Crippen LogP contribution < -0.4 is 11.1 Å². The van der Waals surface area contributed by atoms with Crippen LogP contribution in [-0.4, -0.2) is 54.2 Å². The van der Waals surface area contributed by atoms with E-state index in [0.29, 0.717) is 13.0 Å². The minimum Gasteiger partial charge on any atom is -0.396 e. The summed E-state index contributed by atoms with van der Waals surface area (Å²) < 4.78 is 0. The maximum atomic E-state index is 12.0. The molecule has 4 N–H and O–H groups in total. The fraction of sp³-hybridized carbons (Fsp3) is 0.923. The fourth-order valence-corrected chi connectivity index (χ4v) is 2.40. The molecule has 0 radical (unpaired) electrons. The summed E-state index contributed by atoms with van der Waals surface area (Å²) in [6.07, 6.45) is 4.43. The van der Waals surface area contributed by atoms with Crippen LogP contribution in [0.4, 0.5) is 0 Å². The zero-order valence-electron chi connectivity index (χ0n) is 11.4. The highest BCUT2D eigenvalue weighted by Gasteiger charge is 2.21. The largest absolute Gasteiger partial charge is 0.396 e. The predicted octanol–water partition coefficient (Wildman–Crippen LogP) is 0.0768. The molecule has 1 saturated heterocycles. The summed E-state index contributed by atoms with van der Waals surface area (Å²) in [7, 11) is 0. The van der Waals surface area contributed by atoms with Gasteiger partial charge in [0.1, 0.15) is 0 Å². The van der Waals surface area contributed by atoms with Crippen LogP contribution in [0, 0.1) is 0 Å².